The molecule has 0 aliphatic carbocycles. The van der Waals surface area contributed by atoms with Crippen LogP contribution in [-0.4, -0.2) is 18.7 Å². The van der Waals surface area contributed by atoms with Crippen LogP contribution in [0.5, 0.6) is 0 Å². The van der Waals surface area contributed by atoms with Crippen molar-refractivity contribution in [3.63, 3.8) is 0 Å². The van der Waals surface area contributed by atoms with Crippen molar-refractivity contribution in [2.24, 2.45) is 0 Å². The number of nitrogens with one attached hydrogen (secondary N) is 1. The second-order valence-corrected chi connectivity index (χ2v) is 6.53. The van der Waals surface area contributed by atoms with E-state index in [-0.39, 0.29) is 0 Å². The van der Waals surface area contributed by atoms with Crippen LogP contribution in [0.2, 0.25) is 0 Å². The molecule has 0 amide bonds. The number of aliphatic hydroxyl groups is 1. The maximum atomic E-state index is 11.5. The van der Waals surface area contributed by atoms with E-state index >= 15 is 0 Å². The molecular formula is C18H21NOS. The minimum absolute atomic E-state index is 0.739. The van der Waals surface area contributed by atoms with E-state index in [2.05, 4.69) is 41.7 Å². The lowest BCUT2D eigenvalue weighted by atomic mass is 9.80. The maximum Gasteiger partial charge on any atom is 0.116 e. The van der Waals surface area contributed by atoms with Gasteiger partial charge < -0.3 is 10.4 Å². The van der Waals surface area contributed by atoms with Crippen molar-refractivity contribution in [2.75, 3.05) is 13.6 Å². The number of fused-ring (bicyclic) bond motifs is 2. The molecule has 2 N–H and O–H groups in total. The predicted octanol–water partition coefficient (Wildman–Crippen LogP) is 3.53. The molecule has 0 saturated carbocycles. The average molecular weight is 299 g/mol. The summed E-state index contributed by atoms with van der Waals surface area (Å²) in [6.07, 6.45) is 1.68. The van der Waals surface area contributed by atoms with Gasteiger partial charge in [0.2, 0.25) is 0 Å². The van der Waals surface area contributed by atoms with Crippen LogP contribution in [0.1, 0.15) is 29.5 Å². The van der Waals surface area contributed by atoms with E-state index in [9.17, 15) is 5.11 Å². The van der Waals surface area contributed by atoms with E-state index in [1.807, 2.05) is 30.9 Å². The van der Waals surface area contributed by atoms with Crippen LogP contribution >= 0.6 is 11.8 Å². The highest BCUT2D eigenvalue weighted by atomic mass is 32.2. The molecule has 0 fully saturated rings. The Morgan fingerprint density at radius 3 is 2.62 bits per heavy atom. The van der Waals surface area contributed by atoms with Crippen LogP contribution in [0, 0.1) is 0 Å². The van der Waals surface area contributed by atoms with Crippen molar-refractivity contribution >= 4 is 11.8 Å². The summed E-state index contributed by atoms with van der Waals surface area (Å²) in [6, 6.07) is 16.6. The first-order valence-electron chi connectivity index (χ1n) is 7.43. The zero-order valence-electron chi connectivity index (χ0n) is 12.3. The third kappa shape index (κ3) is 2.73. The molecule has 0 unspecified atom stereocenters. The van der Waals surface area contributed by atoms with Gasteiger partial charge >= 0.3 is 0 Å². The molecule has 1 heterocycles. The Morgan fingerprint density at radius 2 is 1.81 bits per heavy atom. The Hall–Kier alpha value is -1.29. The van der Waals surface area contributed by atoms with Gasteiger partial charge in [0, 0.05) is 16.2 Å². The summed E-state index contributed by atoms with van der Waals surface area (Å²) in [5, 5.41) is 14.7. The summed E-state index contributed by atoms with van der Waals surface area (Å²) in [7, 11) is 1.95. The highest BCUT2D eigenvalue weighted by molar-refractivity contribution is 7.98. The minimum atomic E-state index is -0.881. The Morgan fingerprint density at radius 1 is 1.10 bits per heavy atom. The Labute approximate surface area is 130 Å². The fraction of sp³-hybridized carbons (Fsp3) is 0.333. The van der Waals surface area contributed by atoms with Gasteiger partial charge in [0.15, 0.2) is 0 Å². The number of rotatable bonds is 4. The molecule has 110 valence electrons. The molecule has 0 bridgehead atoms. The van der Waals surface area contributed by atoms with E-state index < -0.39 is 5.60 Å². The smallest absolute Gasteiger partial charge is 0.116 e. The summed E-state index contributed by atoms with van der Waals surface area (Å²) in [5.41, 5.74) is 2.48. The molecule has 2 aromatic rings. The largest absolute Gasteiger partial charge is 0.380 e. The summed E-state index contributed by atoms with van der Waals surface area (Å²) in [4.78, 5) is 1.20. The number of hydrogen-bond acceptors (Lipinski definition) is 3. The molecule has 3 rings (SSSR count). The summed E-state index contributed by atoms with van der Waals surface area (Å²) >= 11 is 1.82. The zero-order valence-corrected chi connectivity index (χ0v) is 13.1. The van der Waals surface area contributed by atoms with Gasteiger partial charge in [0.25, 0.3) is 0 Å². The third-order valence-corrected chi connectivity index (χ3v) is 5.27. The highest BCUT2D eigenvalue weighted by Crippen LogP contribution is 2.45. The lowest BCUT2D eigenvalue weighted by Crippen LogP contribution is -2.29. The second kappa shape index (κ2) is 6.22. The summed E-state index contributed by atoms with van der Waals surface area (Å²) < 4.78 is 0. The lowest BCUT2D eigenvalue weighted by Gasteiger charge is -2.31. The first kappa shape index (κ1) is 14.6. The fourth-order valence-electron chi connectivity index (χ4n) is 3.07. The zero-order chi connectivity index (χ0) is 14.7. The van der Waals surface area contributed by atoms with Gasteiger partial charge in [0.1, 0.15) is 5.60 Å². The molecule has 2 nitrogen and oxygen atoms in total. The molecule has 1 aliphatic rings. The normalized spacial score (nSPS) is 20.5. The minimum Gasteiger partial charge on any atom is -0.380 e. The molecule has 1 atom stereocenters. The van der Waals surface area contributed by atoms with Crippen molar-refractivity contribution in [2.45, 2.75) is 29.1 Å². The molecule has 2 aromatic carbocycles. The molecule has 0 aromatic heterocycles. The number of benzene rings is 2. The molecule has 0 spiro atoms. The van der Waals surface area contributed by atoms with Crippen LogP contribution in [-0.2, 0) is 11.4 Å². The molecule has 21 heavy (non-hydrogen) atoms. The maximum absolute atomic E-state index is 11.5. The van der Waals surface area contributed by atoms with Gasteiger partial charge in [-0.15, -0.1) is 11.8 Å². The van der Waals surface area contributed by atoms with E-state index in [1.54, 1.807) is 0 Å². The third-order valence-electron chi connectivity index (χ3n) is 4.14. The molecule has 3 heteroatoms. The Balaban J connectivity index is 2.10. The molecule has 0 saturated heterocycles. The highest BCUT2D eigenvalue weighted by Gasteiger charge is 2.36. The van der Waals surface area contributed by atoms with Crippen molar-refractivity contribution < 1.29 is 5.11 Å². The Kier molecular flexibility index (Phi) is 4.34. The standard InChI is InChI=1S/C18H21NOS/c1-19-12-6-11-18(20)15-8-3-2-7-14(15)13-21-17-10-5-4-9-16(17)18/h2-5,7-10,19-20H,6,11-13H2,1H3/t18-/m0/s1. The van der Waals surface area contributed by atoms with Crippen LogP contribution in [0.4, 0.5) is 0 Å². The number of hydrogen-bond donors (Lipinski definition) is 2. The van der Waals surface area contributed by atoms with Crippen LogP contribution in [0.15, 0.2) is 53.4 Å². The molecular weight excluding hydrogens is 278 g/mol. The molecule has 1 aliphatic heterocycles. The van der Waals surface area contributed by atoms with Gasteiger partial charge in [0.05, 0.1) is 0 Å². The van der Waals surface area contributed by atoms with E-state index in [1.165, 1.54) is 10.5 Å². The van der Waals surface area contributed by atoms with Gasteiger partial charge in [-0.3, -0.25) is 0 Å². The average Bonchev–Trinajstić information content (AvgIpc) is 2.65. The SMILES string of the molecule is CNCCC[C@]1(O)c2ccccc2CSc2ccccc21. The first-order chi connectivity index (χ1) is 10.3. The van der Waals surface area contributed by atoms with Crippen LogP contribution in [0.3, 0.4) is 0 Å². The van der Waals surface area contributed by atoms with Gasteiger partial charge in [-0.25, -0.2) is 0 Å². The van der Waals surface area contributed by atoms with Crippen molar-refractivity contribution in [3.8, 4) is 0 Å². The Bertz CT molecular complexity index is 579. The van der Waals surface area contributed by atoms with Crippen LogP contribution < -0.4 is 5.32 Å². The number of thioether (sulfide) groups is 1. The van der Waals surface area contributed by atoms with Crippen molar-refractivity contribution in [3.05, 3.63) is 65.2 Å². The monoisotopic (exact) mass is 299 g/mol. The first-order valence-corrected chi connectivity index (χ1v) is 8.42. The van der Waals surface area contributed by atoms with Crippen molar-refractivity contribution in [1.82, 2.24) is 5.32 Å². The van der Waals surface area contributed by atoms with Gasteiger partial charge in [-0.1, -0.05) is 42.5 Å². The topological polar surface area (TPSA) is 32.3 Å². The summed E-state index contributed by atoms with van der Waals surface area (Å²) in [5.74, 6) is 0.918. The fourth-order valence-corrected chi connectivity index (χ4v) is 4.20. The van der Waals surface area contributed by atoms with E-state index in [4.69, 9.17) is 0 Å². The predicted molar refractivity (Wildman–Crippen MR) is 88.6 cm³/mol. The van der Waals surface area contributed by atoms with E-state index in [0.717, 1.165) is 36.3 Å². The molecule has 0 radical (unpaired) electrons. The van der Waals surface area contributed by atoms with Crippen molar-refractivity contribution in [1.29, 1.82) is 0 Å². The van der Waals surface area contributed by atoms with Crippen LogP contribution in [0.25, 0.3) is 0 Å². The van der Waals surface area contributed by atoms with Gasteiger partial charge in [-0.2, -0.15) is 0 Å². The second-order valence-electron chi connectivity index (χ2n) is 5.51. The van der Waals surface area contributed by atoms with Gasteiger partial charge in [-0.05, 0) is 43.6 Å². The van der Waals surface area contributed by atoms with E-state index in [0.29, 0.717) is 0 Å². The summed E-state index contributed by atoms with van der Waals surface area (Å²) in [6.45, 7) is 0.916. The quantitative estimate of drug-likeness (QED) is 0.847. The lowest BCUT2D eigenvalue weighted by molar-refractivity contribution is 0.0659.